The minimum Gasteiger partial charge on any atom is -0.478 e. The molecule has 0 radical (unpaired) electrons. The first-order valence-electron chi connectivity index (χ1n) is 7.67. The van der Waals surface area contributed by atoms with E-state index in [0.717, 1.165) is 24.9 Å². The molecule has 0 saturated carbocycles. The number of likely N-dealkylation sites (tertiary alicyclic amines) is 1. The summed E-state index contributed by atoms with van der Waals surface area (Å²) >= 11 is 0. The Kier molecular flexibility index (Phi) is 4.37. The Balaban J connectivity index is 1.77. The van der Waals surface area contributed by atoms with Crippen LogP contribution in [0.5, 0.6) is 0 Å². The molecule has 2 heterocycles. The fraction of sp³-hybridized carbons (Fsp3) is 0.278. The number of aromatic carboxylic acids is 1. The zero-order valence-corrected chi connectivity index (χ0v) is 12.7. The zero-order chi connectivity index (χ0) is 16.2. The van der Waals surface area contributed by atoms with Crippen molar-refractivity contribution < 1.29 is 14.7 Å². The van der Waals surface area contributed by atoms with Crippen LogP contribution in [0.2, 0.25) is 0 Å². The molecule has 0 spiro atoms. The summed E-state index contributed by atoms with van der Waals surface area (Å²) in [5, 5.41) is 9.13. The van der Waals surface area contributed by atoms with E-state index in [4.69, 9.17) is 5.11 Å². The van der Waals surface area contributed by atoms with Gasteiger partial charge in [0.1, 0.15) is 0 Å². The number of hydrogen-bond donors (Lipinski definition) is 1. The standard InChI is InChI=1S/C18H18N2O3/c21-17(15-6-2-8-19-11-15)20-9-3-7-16(12-20)13-4-1-5-14(10-13)18(22)23/h1-2,4-6,8,10-11,16H,3,7,9,12H2,(H,22,23). The summed E-state index contributed by atoms with van der Waals surface area (Å²) in [6, 6.07) is 10.5. The van der Waals surface area contributed by atoms with Gasteiger partial charge in [0.25, 0.3) is 5.91 Å². The molecule has 1 fully saturated rings. The molecule has 1 saturated heterocycles. The summed E-state index contributed by atoms with van der Waals surface area (Å²) < 4.78 is 0. The summed E-state index contributed by atoms with van der Waals surface area (Å²) in [4.78, 5) is 29.5. The maximum atomic E-state index is 12.5. The van der Waals surface area contributed by atoms with E-state index in [0.29, 0.717) is 17.7 Å². The first kappa shape index (κ1) is 15.2. The Morgan fingerprint density at radius 1 is 1.17 bits per heavy atom. The third-order valence-corrected chi connectivity index (χ3v) is 4.22. The van der Waals surface area contributed by atoms with Crippen molar-refractivity contribution >= 4 is 11.9 Å². The molecule has 1 aromatic carbocycles. The summed E-state index contributed by atoms with van der Waals surface area (Å²) in [7, 11) is 0. The maximum absolute atomic E-state index is 12.5. The average molecular weight is 310 g/mol. The Morgan fingerprint density at radius 2 is 2.00 bits per heavy atom. The molecular formula is C18H18N2O3. The molecule has 1 amide bonds. The smallest absolute Gasteiger partial charge is 0.335 e. The van der Waals surface area contributed by atoms with Crippen LogP contribution in [0.4, 0.5) is 0 Å². The van der Waals surface area contributed by atoms with E-state index in [-0.39, 0.29) is 11.8 Å². The third kappa shape index (κ3) is 3.39. The zero-order valence-electron chi connectivity index (χ0n) is 12.7. The lowest BCUT2D eigenvalue weighted by Gasteiger charge is -2.33. The Labute approximate surface area is 134 Å². The number of aromatic nitrogens is 1. The number of carboxylic acids is 1. The van der Waals surface area contributed by atoms with Gasteiger partial charge in [-0.1, -0.05) is 12.1 Å². The summed E-state index contributed by atoms with van der Waals surface area (Å²) in [6.45, 7) is 1.33. The first-order valence-corrected chi connectivity index (χ1v) is 7.67. The monoisotopic (exact) mass is 310 g/mol. The Bertz CT molecular complexity index is 715. The van der Waals surface area contributed by atoms with Gasteiger partial charge in [-0.05, 0) is 42.7 Å². The highest BCUT2D eigenvalue weighted by molar-refractivity contribution is 5.94. The van der Waals surface area contributed by atoms with E-state index in [2.05, 4.69) is 4.98 Å². The van der Waals surface area contributed by atoms with Crippen LogP contribution < -0.4 is 0 Å². The topological polar surface area (TPSA) is 70.5 Å². The van der Waals surface area contributed by atoms with Gasteiger partial charge in [-0.15, -0.1) is 0 Å². The number of amides is 1. The van der Waals surface area contributed by atoms with Crippen LogP contribution >= 0.6 is 0 Å². The third-order valence-electron chi connectivity index (χ3n) is 4.22. The Hall–Kier alpha value is -2.69. The fourth-order valence-corrected chi connectivity index (χ4v) is 3.03. The van der Waals surface area contributed by atoms with Crippen molar-refractivity contribution in [2.45, 2.75) is 18.8 Å². The number of hydrogen-bond acceptors (Lipinski definition) is 3. The summed E-state index contributed by atoms with van der Waals surface area (Å²) in [6.07, 6.45) is 5.10. The number of carboxylic acid groups (broad SMARTS) is 1. The second kappa shape index (κ2) is 6.60. The van der Waals surface area contributed by atoms with Gasteiger partial charge in [0.05, 0.1) is 11.1 Å². The molecule has 1 aliphatic rings. The number of pyridine rings is 1. The Morgan fingerprint density at radius 3 is 2.74 bits per heavy atom. The lowest BCUT2D eigenvalue weighted by atomic mass is 9.89. The SMILES string of the molecule is O=C(O)c1cccc(C2CCCN(C(=O)c3cccnc3)C2)c1. The fourth-order valence-electron chi connectivity index (χ4n) is 3.03. The van der Waals surface area contributed by atoms with E-state index >= 15 is 0 Å². The van der Waals surface area contributed by atoms with Gasteiger partial charge in [-0.2, -0.15) is 0 Å². The number of rotatable bonds is 3. The van der Waals surface area contributed by atoms with Crippen molar-refractivity contribution in [3.63, 3.8) is 0 Å². The molecule has 0 bridgehead atoms. The van der Waals surface area contributed by atoms with Gasteiger partial charge in [0.2, 0.25) is 0 Å². The van der Waals surface area contributed by atoms with Crippen LogP contribution in [0.1, 0.15) is 45.0 Å². The van der Waals surface area contributed by atoms with Gasteiger partial charge in [0.15, 0.2) is 0 Å². The number of carbonyl (C=O) groups is 2. The van der Waals surface area contributed by atoms with E-state index < -0.39 is 5.97 Å². The van der Waals surface area contributed by atoms with Crippen LogP contribution in [0.3, 0.4) is 0 Å². The van der Waals surface area contributed by atoms with Gasteiger partial charge < -0.3 is 10.0 Å². The predicted octanol–water partition coefficient (Wildman–Crippen LogP) is 2.80. The van der Waals surface area contributed by atoms with Gasteiger partial charge in [-0.25, -0.2) is 4.79 Å². The first-order chi connectivity index (χ1) is 11.1. The van der Waals surface area contributed by atoms with Crippen LogP contribution in [0.25, 0.3) is 0 Å². The molecule has 1 aliphatic heterocycles. The molecule has 1 atom stereocenters. The number of benzene rings is 1. The van der Waals surface area contributed by atoms with Crippen LogP contribution in [0.15, 0.2) is 48.8 Å². The molecule has 5 nitrogen and oxygen atoms in total. The van der Waals surface area contributed by atoms with Crippen LogP contribution in [-0.4, -0.2) is 40.0 Å². The van der Waals surface area contributed by atoms with Crippen molar-refractivity contribution in [1.82, 2.24) is 9.88 Å². The highest BCUT2D eigenvalue weighted by atomic mass is 16.4. The molecule has 23 heavy (non-hydrogen) atoms. The minimum absolute atomic E-state index is 0.0165. The predicted molar refractivity (Wildman–Crippen MR) is 85.5 cm³/mol. The normalized spacial score (nSPS) is 17.7. The highest BCUT2D eigenvalue weighted by Crippen LogP contribution is 2.28. The molecule has 3 rings (SSSR count). The molecule has 0 aliphatic carbocycles. The van der Waals surface area contributed by atoms with Crippen molar-refractivity contribution in [2.24, 2.45) is 0 Å². The number of carbonyl (C=O) groups excluding carboxylic acids is 1. The molecule has 1 aromatic heterocycles. The van der Waals surface area contributed by atoms with Crippen molar-refractivity contribution in [3.05, 3.63) is 65.5 Å². The molecular weight excluding hydrogens is 292 g/mol. The highest BCUT2D eigenvalue weighted by Gasteiger charge is 2.26. The van der Waals surface area contributed by atoms with E-state index in [1.54, 1.807) is 42.7 Å². The van der Waals surface area contributed by atoms with Crippen LogP contribution in [0, 0.1) is 0 Å². The largest absolute Gasteiger partial charge is 0.478 e. The van der Waals surface area contributed by atoms with E-state index in [9.17, 15) is 9.59 Å². The van der Waals surface area contributed by atoms with Gasteiger partial charge in [0, 0.05) is 31.4 Å². The minimum atomic E-state index is -0.925. The van der Waals surface area contributed by atoms with Crippen LogP contribution in [-0.2, 0) is 0 Å². The summed E-state index contributed by atoms with van der Waals surface area (Å²) in [5.41, 5.74) is 1.86. The second-order valence-electron chi connectivity index (χ2n) is 5.76. The number of piperidine rings is 1. The molecule has 2 aromatic rings. The second-order valence-corrected chi connectivity index (χ2v) is 5.76. The van der Waals surface area contributed by atoms with Crippen molar-refractivity contribution in [1.29, 1.82) is 0 Å². The lowest BCUT2D eigenvalue weighted by Crippen LogP contribution is -2.39. The molecule has 118 valence electrons. The van der Waals surface area contributed by atoms with E-state index in [1.807, 2.05) is 11.0 Å². The molecule has 5 heteroatoms. The average Bonchev–Trinajstić information content (AvgIpc) is 2.62. The van der Waals surface area contributed by atoms with Crippen molar-refractivity contribution in [2.75, 3.05) is 13.1 Å². The number of nitrogens with zero attached hydrogens (tertiary/aromatic N) is 2. The van der Waals surface area contributed by atoms with Gasteiger partial charge >= 0.3 is 5.97 Å². The van der Waals surface area contributed by atoms with Gasteiger partial charge in [-0.3, -0.25) is 9.78 Å². The lowest BCUT2D eigenvalue weighted by molar-refractivity contribution is 0.0687. The van der Waals surface area contributed by atoms with Crippen molar-refractivity contribution in [3.8, 4) is 0 Å². The summed E-state index contributed by atoms with van der Waals surface area (Å²) in [5.74, 6) is -0.771. The molecule has 1 unspecified atom stereocenters. The molecule has 1 N–H and O–H groups in total. The quantitative estimate of drug-likeness (QED) is 0.946. The maximum Gasteiger partial charge on any atom is 0.335 e. The van der Waals surface area contributed by atoms with E-state index in [1.165, 1.54) is 0 Å².